The zero-order valence-corrected chi connectivity index (χ0v) is 16.9. The Kier molecular flexibility index (Phi) is 5.63. The fraction of sp³-hybridized carbons (Fsp3) is 0.0833. The summed E-state index contributed by atoms with van der Waals surface area (Å²) in [4.78, 5) is 17.3. The number of aromatic nitrogens is 1. The highest BCUT2D eigenvalue weighted by molar-refractivity contribution is 6.30. The first-order valence-electron chi connectivity index (χ1n) is 9.39. The smallest absolute Gasteiger partial charge is 0.252 e. The summed E-state index contributed by atoms with van der Waals surface area (Å²) in [5.74, 6) is 0.341. The van der Waals surface area contributed by atoms with E-state index in [-0.39, 0.29) is 17.8 Å². The number of hydrogen-bond donors (Lipinski definition) is 1. The quantitative estimate of drug-likeness (QED) is 0.412. The molecule has 0 aliphatic rings. The summed E-state index contributed by atoms with van der Waals surface area (Å²) < 4.78 is 19.1. The minimum atomic E-state index is -0.317. The summed E-state index contributed by atoms with van der Waals surface area (Å²) in [5, 5.41) is 3.58. The van der Waals surface area contributed by atoms with Crippen LogP contribution in [0.1, 0.15) is 28.9 Å². The van der Waals surface area contributed by atoms with Gasteiger partial charge in [-0.05, 0) is 61.0 Å². The summed E-state index contributed by atoms with van der Waals surface area (Å²) in [5.41, 5.74) is 2.67. The third-order valence-corrected chi connectivity index (χ3v) is 5.01. The van der Waals surface area contributed by atoms with Crippen molar-refractivity contribution in [2.75, 3.05) is 0 Å². The summed E-state index contributed by atoms with van der Waals surface area (Å²) in [6, 6.07) is 20.1. The Morgan fingerprint density at radius 2 is 1.73 bits per heavy atom. The van der Waals surface area contributed by atoms with Crippen molar-refractivity contribution in [1.82, 2.24) is 10.3 Å². The second-order valence-corrected chi connectivity index (χ2v) is 7.27. The van der Waals surface area contributed by atoms with Crippen LogP contribution < -0.4 is 5.32 Å². The Labute approximate surface area is 178 Å². The van der Waals surface area contributed by atoms with Crippen molar-refractivity contribution in [3.63, 3.8) is 0 Å². The molecule has 0 bridgehead atoms. The number of nitrogens with one attached hydrogen (secondary N) is 1. The van der Waals surface area contributed by atoms with E-state index < -0.39 is 0 Å². The van der Waals surface area contributed by atoms with E-state index in [0.29, 0.717) is 27.8 Å². The average Bonchev–Trinajstić information content (AvgIpc) is 3.25. The van der Waals surface area contributed by atoms with E-state index in [9.17, 15) is 9.18 Å². The lowest BCUT2D eigenvalue weighted by Crippen LogP contribution is -2.27. The Hall–Kier alpha value is -3.44. The molecule has 4 nitrogen and oxygen atoms in total. The summed E-state index contributed by atoms with van der Waals surface area (Å²) in [6.45, 7) is 1.84. The van der Waals surface area contributed by atoms with E-state index >= 15 is 0 Å². The molecule has 1 heterocycles. The van der Waals surface area contributed by atoms with Gasteiger partial charge >= 0.3 is 0 Å². The van der Waals surface area contributed by atoms with Gasteiger partial charge < -0.3 is 9.73 Å². The van der Waals surface area contributed by atoms with Crippen LogP contribution in [0.25, 0.3) is 22.8 Å². The van der Waals surface area contributed by atoms with Gasteiger partial charge in [0.2, 0.25) is 5.89 Å². The molecule has 0 spiro atoms. The highest BCUT2D eigenvalue weighted by Crippen LogP contribution is 2.29. The predicted molar refractivity (Wildman–Crippen MR) is 115 cm³/mol. The lowest BCUT2D eigenvalue weighted by Gasteiger charge is -2.15. The normalized spacial score (nSPS) is 11.8. The van der Waals surface area contributed by atoms with Crippen molar-refractivity contribution in [2.45, 2.75) is 13.0 Å². The molecule has 4 aromatic rings. The SMILES string of the molecule is C[C@@H](NC(=O)c1ccccc1-c1ncc(-c2ccc(Cl)cc2)o1)c1ccc(F)cc1. The van der Waals surface area contributed by atoms with E-state index in [1.165, 1.54) is 12.1 Å². The van der Waals surface area contributed by atoms with E-state index in [4.69, 9.17) is 16.0 Å². The number of benzene rings is 3. The molecule has 1 aromatic heterocycles. The van der Waals surface area contributed by atoms with Crippen LogP contribution in [0, 0.1) is 5.82 Å². The van der Waals surface area contributed by atoms with Crippen LogP contribution in [-0.2, 0) is 0 Å². The zero-order valence-electron chi connectivity index (χ0n) is 16.1. The molecule has 1 atom stereocenters. The highest BCUT2D eigenvalue weighted by atomic mass is 35.5. The Bertz CT molecular complexity index is 1170. The van der Waals surface area contributed by atoms with Crippen molar-refractivity contribution < 1.29 is 13.6 Å². The maximum atomic E-state index is 13.2. The molecule has 1 N–H and O–H groups in total. The van der Waals surface area contributed by atoms with Crippen molar-refractivity contribution in [3.8, 4) is 22.8 Å². The van der Waals surface area contributed by atoms with Gasteiger partial charge in [-0.3, -0.25) is 4.79 Å². The second-order valence-electron chi connectivity index (χ2n) is 6.83. The maximum Gasteiger partial charge on any atom is 0.252 e. The molecule has 0 unspecified atom stereocenters. The first-order valence-corrected chi connectivity index (χ1v) is 9.76. The van der Waals surface area contributed by atoms with Crippen molar-refractivity contribution in [2.24, 2.45) is 0 Å². The first-order chi connectivity index (χ1) is 14.5. The Morgan fingerprint density at radius 1 is 1.03 bits per heavy atom. The van der Waals surface area contributed by atoms with Gasteiger partial charge in [0.25, 0.3) is 5.91 Å². The van der Waals surface area contributed by atoms with Crippen molar-refractivity contribution in [3.05, 3.63) is 101 Å². The number of rotatable bonds is 5. The molecule has 30 heavy (non-hydrogen) atoms. The van der Waals surface area contributed by atoms with Crippen LogP contribution in [0.4, 0.5) is 4.39 Å². The van der Waals surface area contributed by atoms with E-state index in [1.54, 1.807) is 48.7 Å². The molecule has 0 aliphatic carbocycles. The number of nitrogens with zero attached hydrogens (tertiary/aromatic N) is 1. The average molecular weight is 421 g/mol. The van der Waals surface area contributed by atoms with Crippen LogP contribution in [0.2, 0.25) is 5.02 Å². The summed E-state index contributed by atoms with van der Waals surface area (Å²) in [6.07, 6.45) is 1.62. The van der Waals surface area contributed by atoms with Gasteiger partial charge in [0, 0.05) is 16.1 Å². The molecule has 0 radical (unpaired) electrons. The van der Waals surface area contributed by atoms with Crippen LogP contribution >= 0.6 is 11.6 Å². The van der Waals surface area contributed by atoms with E-state index in [0.717, 1.165) is 11.1 Å². The maximum absolute atomic E-state index is 13.2. The van der Waals surface area contributed by atoms with Crippen molar-refractivity contribution in [1.29, 1.82) is 0 Å². The molecule has 0 aliphatic heterocycles. The molecular formula is C24H18ClFN2O2. The van der Waals surface area contributed by atoms with Gasteiger partial charge in [-0.1, -0.05) is 35.9 Å². The van der Waals surface area contributed by atoms with Gasteiger partial charge in [-0.15, -0.1) is 0 Å². The standard InChI is InChI=1S/C24H18ClFN2O2/c1-15(16-8-12-19(26)13-9-16)28-23(29)20-4-2-3-5-21(20)24-27-14-22(30-24)17-6-10-18(25)11-7-17/h2-15H,1H3,(H,28,29)/t15-/m1/s1. The van der Waals surface area contributed by atoms with Gasteiger partial charge in [0.15, 0.2) is 5.76 Å². The number of halogens is 2. The zero-order chi connectivity index (χ0) is 21.1. The molecular weight excluding hydrogens is 403 g/mol. The molecule has 0 saturated heterocycles. The monoisotopic (exact) mass is 420 g/mol. The Balaban J connectivity index is 1.59. The molecule has 0 fully saturated rings. The molecule has 0 saturated carbocycles. The number of hydrogen-bond acceptors (Lipinski definition) is 3. The number of oxazole rings is 1. The highest BCUT2D eigenvalue weighted by Gasteiger charge is 2.19. The minimum absolute atomic E-state index is 0.270. The molecule has 4 rings (SSSR count). The fourth-order valence-electron chi connectivity index (χ4n) is 3.12. The van der Waals surface area contributed by atoms with Crippen LogP contribution in [0.5, 0.6) is 0 Å². The lowest BCUT2D eigenvalue weighted by atomic mass is 10.0. The van der Waals surface area contributed by atoms with Crippen LogP contribution in [0.15, 0.2) is 83.4 Å². The van der Waals surface area contributed by atoms with Crippen LogP contribution in [0.3, 0.4) is 0 Å². The third kappa shape index (κ3) is 4.26. The van der Waals surface area contributed by atoms with Crippen LogP contribution in [-0.4, -0.2) is 10.9 Å². The Morgan fingerprint density at radius 3 is 2.47 bits per heavy atom. The van der Waals surface area contributed by atoms with Crippen molar-refractivity contribution >= 4 is 17.5 Å². The largest absolute Gasteiger partial charge is 0.436 e. The topological polar surface area (TPSA) is 55.1 Å². The van der Waals surface area contributed by atoms with Gasteiger partial charge in [-0.2, -0.15) is 0 Å². The second kappa shape index (κ2) is 8.51. The summed E-state index contributed by atoms with van der Waals surface area (Å²) in [7, 11) is 0. The lowest BCUT2D eigenvalue weighted by molar-refractivity contribution is 0.0940. The predicted octanol–water partition coefficient (Wildman–Crippen LogP) is 6.29. The molecule has 1 amide bonds. The number of carbonyl (C=O) groups is 1. The molecule has 3 aromatic carbocycles. The van der Waals surface area contributed by atoms with Gasteiger partial charge in [-0.25, -0.2) is 9.37 Å². The molecule has 6 heteroatoms. The van der Waals surface area contributed by atoms with Gasteiger partial charge in [0.1, 0.15) is 5.82 Å². The van der Waals surface area contributed by atoms with E-state index in [1.807, 2.05) is 25.1 Å². The number of carbonyl (C=O) groups excluding carboxylic acids is 1. The van der Waals surface area contributed by atoms with E-state index in [2.05, 4.69) is 10.3 Å². The first kappa shape index (κ1) is 19.9. The summed E-state index contributed by atoms with van der Waals surface area (Å²) >= 11 is 5.94. The fourth-order valence-corrected chi connectivity index (χ4v) is 3.25. The minimum Gasteiger partial charge on any atom is -0.436 e. The van der Waals surface area contributed by atoms with Gasteiger partial charge in [0.05, 0.1) is 17.8 Å². The number of amides is 1. The molecule has 150 valence electrons. The third-order valence-electron chi connectivity index (χ3n) is 4.75.